The quantitative estimate of drug-likeness (QED) is 0.205. The molecule has 0 aliphatic carbocycles. The Morgan fingerprint density at radius 3 is 2.50 bits per heavy atom. The molecule has 0 heterocycles. The first-order valence-corrected chi connectivity index (χ1v) is 2.24. The molecule has 0 bridgehead atoms. The lowest BCUT2D eigenvalue weighted by molar-refractivity contribution is 1.80. The van der Waals surface area contributed by atoms with Crippen LogP contribution in [0.3, 0.4) is 0 Å². The molecule has 0 spiro atoms. The average Bonchev–Trinajstić information content (AvgIpc) is 1.35. The third kappa shape index (κ3) is 4.05. The second-order valence-corrected chi connectivity index (χ2v) is 1.61. The second kappa shape index (κ2) is 3.25. The van der Waals surface area contributed by atoms with E-state index in [2.05, 4.69) is 17.2 Å². The zero-order valence-electron chi connectivity index (χ0n) is 3.31. The number of rotatable bonds is 0. The molecule has 3 heteroatoms. The van der Waals surface area contributed by atoms with Gasteiger partial charge in [-0.2, -0.15) is 0 Å². The van der Waals surface area contributed by atoms with Crippen molar-refractivity contribution in [1.82, 2.24) is 0 Å². The van der Waals surface area contributed by atoms with E-state index in [-0.39, 0.29) is 4.45 Å². The summed E-state index contributed by atoms with van der Waals surface area (Å²) >= 11 is 9.47. The number of hydrogen-bond donors (Lipinski definition) is 0. The van der Waals surface area contributed by atoms with Crippen molar-refractivity contribution in [3.8, 4) is 0 Å². The molecule has 0 saturated heterocycles. The Kier molecular flexibility index (Phi) is 3.28. The van der Waals surface area contributed by atoms with Crippen LogP contribution in [0.5, 0.6) is 0 Å². The normalized spacial score (nSPS) is 9.67. The van der Waals surface area contributed by atoms with E-state index in [9.17, 15) is 0 Å². The smallest absolute Gasteiger partial charge is 0.193 e. The van der Waals surface area contributed by atoms with E-state index in [1.165, 1.54) is 0 Å². The van der Waals surface area contributed by atoms with Crippen molar-refractivity contribution < 1.29 is 0 Å². The molecular weight excluding hydrogens is 118 g/mol. The van der Waals surface area contributed by atoms with Crippen LogP contribution in [0.25, 0.3) is 0 Å². The minimum absolute atomic E-state index is 0.164. The van der Waals surface area contributed by atoms with Crippen molar-refractivity contribution in [3.63, 3.8) is 0 Å². The Balaban J connectivity index is 3.30. The van der Waals surface area contributed by atoms with Crippen molar-refractivity contribution >= 4 is 34.5 Å². The molecule has 34 valence electrons. The van der Waals surface area contributed by atoms with E-state index < -0.39 is 0 Å². The van der Waals surface area contributed by atoms with Gasteiger partial charge in [0.15, 0.2) is 4.45 Å². The topological polar surface area (TPSA) is 12.4 Å². The second-order valence-electron chi connectivity index (χ2n) is 0.640. The minimum Gasteiger partial charge on any atom is -0.238 e. The molecule has 0 saturated carbocycles. The fraction of sp³-hybridized carbons (Fsp3) is 0.333. The van der Waals surface area contributed by atoms with Crippen molar-refractivity contribution in [3.05, 3.63) is 0 Å². The highest BCUT2D eigenvalue weighted by atomic mass is 35.5. The number of aliphatic imine (C=N–C) groups is 1. The first-order chi connectivity index (χ1) is 2.77. The first kappa shape index (κ1) is 6.05. The van der Waals surface area contributed by atoms with Gasteiger partial charge >= 0.3 is 0 Å². The summed E-state index contributed by atoms with van der Waals surface area (Å²) in [6.45, 7) is 1.76. The predicted molar refractivity (Wildman–Crippen MR) is 32.6 cm³/mol. The Bertz CT molecular complexity index is 78.9. The van der Waals surface area contributed by atoms with Gasteiger partial charge < -0.3 is 0 Å². The third-order valence-corrected chi connectivity index (χ3v) is 0.434. The molecule has 0 amide bonds. The summed E-state index contributed by atoms with van der Waals surface area (Å²) in [6, 6.07) is 0. The summed E-state index contributed by atoms with van der Waals surface area (Å²) in [5.41, 5.74) is 0. The van der Waals surface area contributed by atoms with E-state index in [1.54, 1.807) is 13.1 Å². The lowest BCUT2D eigenvalue weighted by Gasteiger charge is -1.70. The van der Waals surface area contributed by atoms with Crippen LogP contribution in [0.2, 0.25) is 0 Å². The van der Waals surface area contributed by atoms with Crippen molar-refractivity contribution in [2.24, 2.45) is 4.99 Å². The third-order valence-electron chi connectivity index (χ3n) is 0.231. The maximum Gasteiger partial charge on any atom is 0.193 e. The van der Waals surface area contributed by atoms with Gasteiger partial charge in [-0.3, -0.25) is 0 Å². The lowest BCUT2D eigenvalue weighted by atomic mass is 10.9. The number of nitrogens with zero attached hydrogens (tertiary/aromatic N) is 1. The summed E-state index contributed by atoms with van der Waals surface area (Å²) in [6.07, 6.45) is 1.55. The lowest BCUT2D eigenvalue weighted by Crippen LogP contribution is -1.69. The summed E-state index contributed by atoms with van der Waals surface area (Å²) in [5.74, 6) is 0. The van der Waals surface area contributed by atoms with Crippen molar-refractivity contribution in [2.45, 2.75) is 6.92 Å². The summed E-state index contributed by atoms with van der Waals surface area (Å²) in [5, 5.41) is 0. The van der Waals surface area contributed by atoms with Crippen LogP contribution < -0.4 is 0 Å². The molecule has 0 aliphatic heterocycles. The zero-order chi connectivity index (χ0) is 4.99. The van der Waals surface area contributed by atoms with E-state index in [0.717, 1.165) is 0 Å². The molecule has 0 aromatic heterocycles. The molecule has 0 atom stereocenters. The summed E-state index contributed by atoms with van der Waals surface area (Å²) < 4.78 is 0.164. The molecule has 1 nitrogen and oxygen atoms in total. The molecule has 0 aromatic rings. The average molecular weight is 122 g/mol. The monoisotopic (exact) mass is 121 g/mol. The Morgan fingerprint density at radius 2 is 2.50 bits per heavy atom. The largest absolute Gasteiger partial charge is 0.238 e. The summed E-state index contributed by atoms with van der Waals surface area (Å²) in [7, 11) is 0. The number of halogens is 1. The van der Waals surface area contributed by atoms with Gasteiger partial charge in [0.25, 0.3) is 0 Å². The molecular formula is C3H4ClNS. The van der Waals surface area contributed by atoms with Crippen LogP contribution in [-0.4, -0.2) is 10.7 Å². The molecule has 6 heavy (non-hydrogen) atoms. The van der Waals surface area contributed by atoms with E-state index in [1.807, 2.05) is 0 Å². The maximum atomic E-state index is 5.11. The minimum atomic E-state index is 0.164. The van der Waals surface area contributed by atoms with Gasteiger partial charge in [-0.05, 0) is 30.7 Å². The molecule has 0 rings (SSSR count). The van der Waals surface area contributed by atoms with E-state index in [0.29, 0.717) is 0 Å². The van der Waals surface area contributed by atoms with E-state index in [4.69, 9.17) is 11.6 Å². The Morgan fingerprint density at radius 1 is 2.00 bits per heavy atom. The predicted octanol–water partition coefficient (Wildman–Crippen LogP) is 1.60. The van der Waals surface area contributed by atoms with Crippen LogP contribution in [0.4, 0.5) is 0 Å². The van der Waals surface area contributed by atoms with Crippen LogP contribution in [0, 0.1) is 0 Å². The molecule has 0 unspecified atom stereocenters. The fourth-order valence-corrected chi connectivity index (χ4v) is 0.304. The highest BCUT2D eigenvalue weighted by molar-refractivity contribution is 7.83. The Labute approximate surface area is 47.0 Å². The van der Waals surface area contributed by atoms with Gasteiger partial charge in [0, 0.05) is 6.21 Å². The van der Waals surface area contributed by atoms with Gasteiger partial charge in [-0.25, -0.2) is 4.99 Å². The van der Waals surface area contributed by atoms with Crippen molar-refractivity contribution in [1.29, 1.82) is 0 Å². The molecule has 0 radical (unpaired) electrons. The van der Waals surface area contributed by atoms with Gasteiger partial charge in [0.05, 0.1) is 0 Å². The van der Waals surface area contributed by atoms with Gasteiger partial charge in [0.2, 0.25) is 0 Å². The number of thiocarbonyl (C=S) groups is 1. The maximum absolute atomic E-state index is 5.11. The van der Waals surface area contributed by atoms with Gasteiger partial charge in [-0.1, -0.05) is 0 Å². The molecule has 0 fully saturated rings. The van der Waals surface area contributed by atoms with E-state index >= 15 is 0 Å². The highest BCUT2D eigenvalue weighted by Gasteiger charge is 1.71. The van der Waals surface area contributed by atoms with Gasteiger partial charge in [-0.15, -0.1) is 0 Å². The first-order valence-electron chi connectivity index (χ1n) is 1.45. The van der Waals surface area contributed by atoms with Crippen molar-refractivity contribution in [2.75, 3.05) is 0 Å². The Hall–Kier alpha value is 0.0500. The van der Waals surface area contributed by atoms with Crippen LogP contribution in [0.15, 0.2) is 4.99 Å². The molecule has 0 aliphatic rings. The summed E-state index contributed by atoms with van der Waals surface area (Å²) in [4.78, 5) is 3.50. The molecule has 0 aromatic carbocycles. The SMILES string of the molecule is C/C=N/C(=S)Cl. The fourth-order valence-electron chi connectivity index (χ4n) is 0.101. The zero-order valence-corrected chi connectivity index (χ0v) is 4.88. The number of hydrogen-bond acceptors (Lipinski definition) is 1. The highest BCUT2D eigenvalue weighted by Crippen LogP contribution is 1.82. The van der Waals surface area contributed by atoms with Crippen LogP contribution in [0.1, 0.15) is 6.92 Å². The van der Waals surface area contributed by atoms with Crippen LogP contribution in [-0.2, 0) is 0 Å². The standard InChI is InChI=1S/C3H4ClNS/c1-2-5-3(4)6/h2H,1H3/b5-2+. The van der Waals surface area contributed by atoms with Crippen LogP contribution >= 0.6 is 23.8 Å². The molecule has 0 N–H and O–H groups in total. The van der Waals surface area contributed by atoms with Gasteiger partial charge in [0.1, 0.15) is 0 Å².